The lowest BCUT2D eigenvalue weighted by Gasteiger charge is -2.32. The molecular formula is C26H29Cl2N5O4. The van der Waals surface area contributed by atoms with Crippen LogP contribution in [-0.4, -0.2) is 69.5 Å². The minimum atomic E-state index is -0.219. The topological polar surface area (TPSA) is 97.8 Å². The molecule has 1 fully saturated rings. The van der Waals surface area contributed by atoms with E-state index in [1.165, 1.54) is 20.3 Å². The van der Waals surface area contributed by atoms with Crippen molar-refractivity contribution in [2.45, 2.75) is 18.5 Å². The van der Waals surface area contributed by atoms with Crippen LogP contribution in [-0.2, 0) is 9.53 Å². The average molecular weight is 546 g/mol. The fraction of sp³-hybridized carbons (Fsp3) is 0.346. The molecule has 1 amide bonds. The number of aromatic nitrogens is 2. The summed E-state index contributed by atoms with van der Waals surface area (Å²) in [6.45, 7) is 4.55. The Morgan fingerprint density at radius 2 is 1.86 bits per heavy atom. The van der Waals surface area contributed by atoms with Gasteiger partial charge in [-0.2, -0.15) is 0 Å². The molecule has 37 heavy (non-hydrogen) atoms. The van der Waals surface area contributed by atoms with Gasteiger partial charge in [-0.25, -0.2) is 9.97 Å². The summed E-state index contributed by atoms with van der Waals surface area (Å²) in [5.74, 6) is 1.97. The molecule has 1 saturated heterocycles. The number of methoxy groups -OCH3 is 2. The summed E-state index contributed by atoms with van der Waals surface area (Å²) >= 11 is 13.3. The molecule has 2 atom stereocenters. The number of amides is 1. The number of benzene rings is 1. The monoisotopic (exact) mass is 545 g/mol. The van der Waals surface area contributed by atoms with E-state index in [4.69, 9.17) is 42.4 Å². The number of carbonyl (C=O) groups excluding carboxylic acids is 1. The van der Waals surface area contributed by atoms with Crippen LogP contribution >= 0.6 is 23.2 Å². The third-order valence-corrected chi connectivity index (χ3v) is 6.90. The summed E-state index contributed by atoms with van der Waals surface area (Å²) < 4.78 is 16.5. The van der Waals surface area contributed by atoms with Gasteiger partial charge in [0.15, 0.2) is 0 Å². The maximum absolute atomic E-state index is 11.9. The fourth-order valence-corrected chi connectivity index (χ4v) is 4.97. The van der Waals surface area contributed by atoms with Gasteiger partial charge in [-0.3, -0.25) is 4.79 Å². The van der Waals surface area contributed by atoms with Crippen LogP contribution in [0.25, 0.3) is 22.0 Å². The van der Waals surface area contributed by atoms with Crippen molar-refractivity contribution in [1.82, 2.24) is 15.3 Å². The molecule has 1 aliphatic rings. The summed E-state index contributed by atoms with van der Waals surface area (Å²) in [5, 5.41) is 8.75. The molecule has 0 unspecified atom stereocenters. The van der Waals surface area contributed by atoms with Crippen molar-refractivity contribution in [3.8, 4) is 22.8 Å². The number of anilines is 2. The first-order valence-corrected chi connectivity index (χ1v) is 12.4. The predicted molar refractivity (Wildman–Crippen MR) is 147 cm³/mol. The molecule has 196 valence electrons. The van der Waals surface area contributed by atoms with E-state index in [1.807, 2.05) is 31.1 Å². The number of nitrogens with zero attached hydrogens (tertiary/aromatic N) is 3. The number of fused-ring (bicyclic) bond motifs is 1. The Morgan fingerprint density at radius 1 is 1.16 bits per heavy atom. The summed E-state index contributed by atoms with van der Waals surface area (Å²) in [5.41, 5.74) is 1.06. The van der Waals surface area contributed by atoms with Crippen LogP contribution in [0.15, 0.2) is 37.1 Å². The van der Waals surface area contributed by atoms with E-state index in [0.717, 1.165) is 10.8 Å². The van der Waals surface area contributed by atoms with Gasteiger partial charge in [-0.15, -0.1) is 0 Å². The van der Waals surface area contributed by atoms with Gasteiger partial charge in [0.1, 0.15) is 23.1 Å². The molecule has 1 aliphatic heterocycles. The van der Waals surface area contributed by atoms with Crippen LogP contribution in [0.4, 0.5) is 11.6 Å². The zero-order chi connectivity index (χ0) is 26.7. The number of hydrogen-bond acceptors (Lipinski definition) is 8. The second-order valence-electron chi connectivity index (χ2n) is 8.73. The second-order valence-corrected chi connectivity index (χ2v) is 9.49. The van der Waals surface area contributed by atoms with Crippen molar-refractivity contribution in [2.24, 2.45) is 0 Å². The van der Waals surface area contributed by atoms with Crippen LogP contribution in [0.1, 0.15) is 6.42 Å². The van der Waals surface area contributed by atoms with E-state index in [2.05, 4.69) is 22.2 Å². The van der Waals surface area contributed by atoms with E-state index in [0.29, 0.717) is 64.1 Å². The Kier molecular flexibility index (Phi) is 8.26. The van der Waals surface area contributed by atoms with E-state index in [1.54, 1.807) is 12.3 Å². The highest BCUT2D eigenvalue weighted by Gasteiger charge is 2.27. The molecule has 1 aromatic carbocycles. The molecule has 3 aromatic rings. The minimum absolute atomic E-state index is 0.113. The lowest BCUT2D eigenvalue weighted by molar-refractivity contribution is -0.117. The smallest absolute Gasteiger partial charge is 0.243 e. The highest BCUT2D eigenvalue weighted by Crippen LogP contribution is 2.46. The van der Waals surface area contributed by atoms with Crippen molar-refractivity contribution in [2.75, 3.05) is 51.7 Å². The SMILES string of the molecule is C=CC(=O)N[C@H]1CCOC[C@H]1Nc1cc2c(N(C)C)nc(-c3c(Cl)c(OC)cc(OC)c3Cl)cc2cn1. The van der Waals surface area contributed by atoms with Crippen molar-refractivity contribution in [1.29, 1.82) is 0 Å². The van der Waals surface area contributed by atoms with Crippen LogP contribution in [0.2, 0.25) is 10.0 Å². The maximum atomic E-state index is 11.9. The van der Waals surface area contributed by atoms with Crippen molar-refractivity contribution >= 4 is 51.5 Å². The zero-order valence-corrected chi connectivity index (χ0v) is 22.6. The van der Waals surface area contributed by atoms with Gasteiger partial charge in [0.05, 0.1) is 48.6 Å². The molecular weight excluding hydrogens is 517 g/mol. The van der Waals surface area contributed by atoms with Gasteiger partial charge in [0.2, 0.25) is 5.91 Å². The molecule has 11 heteroatoms. The Hall–Kier alpha value is -3.27. The molecule has 0 saturated carbocycles. The maximum Gasteiger partial charge on any atom is 0.243 e. The van der Waals surface area contributed by atoms with Crippen LogP contribution < -0.4 is 25.0 Å². The van der Waals surface area contributed by atoms with Crippen LogP contribution in [0.5, 0.6) is 11.5 Å². The lowest BCUT2D eigenvalue weighted by atomic mass is 10.0. The van der Waals surface area contributed by atoms with Gasteiger partial charge in [-0.05, 0) is 24.6 Å². The Bertz CT molecular complexity index is 1310. The second kappa shape index (κ2) is 11.4. The highest BCUT2D eigenvalue weighted by atomic mass is 35.5. The van der Waals surface area contributed by atoms with Crippen LogP contribution in [0, 0.1) is 0 Å². The third-order valence-electron chi connectivity index (χ3n) is 6.15. The van der Waals surface area contributed by atoms with Gasteiger partial charge in [0, 0.05) is 49.3 Å². The first-order chi connectivity index (χ1) is 17.8. The number of nitrogens with one attached hydrogen (secondary N) is 2. The number of halogens is 2. The number of hydrogen-bond donors (Lipinski definition) is 2. The van der Waals surface area contributed by atoms with E-state index in [9.17, 15) is 4.79 Å². The molecule has 3 heterocycles. The molecule has 0 radical (unpaired) electrons. The number of ether oxygens (including phenoxy) is 3. The fourth-order valence-electron chi connectivity index (χ4n) is 4.27. The summed E-state index contributed by atoms with van der Waals surface area (Å²) in [6, 6.07) is 5.18. The molecule has 4 rings (SSSR count). The molecule has 2 aromatic heterocycles. The molecule has 2 N–H and O–H groups in total. The Labute approximate surface area is 225 Å². The van der Waals surface area contributed by atoms with Crippen LogP contribution in [0.3, 0.4) is 0 Å². The first-order valence-electron chi connectivity index (χ1n) is 11.6. The summed E-state index contributed by atoms with van der Waals surface area (Å²) in [7, 11) is 6.87. The zero-order valence-electron chi connectivity index (χ0n) is 21.1. The molecule has 0 spiro atoms. The van der Waals surface area contributed by atoms with Crippen molar-refractivity contribution in [3.63, 3.8) is 0 Å². The average Bonchev–Trinajstić information content (AvgIpc) is 2.89. The summed E-state index contributed by atoms with van der Waals surface area (Å²) in [6.07, 6.45) is 3.71. The van der Waals surface area contributed by atoms with E-state index < -0.39 is 0 Å². The predicted octanol–water partition coefficient (Wildman–Crippen LogP) is 4.56. The Balaban J connectivity index is 1.76. The third kappa shape index (κ3) is 5.53. The highest BCUT2D eigenvalue weighted by molar-refractivity contribution is 6.41. The van der Waals surface area contributed by atoms with Gasteiger partial charge in [-0.1, -0.05) is 29.8 Å². The normalized spacial score (nSPS) is 17.2. The van der Waals surface area contributed by atoms with Crippen molar-refractivity contribution < 1.29 is 19.0 Å². The number of rotatable bonds is 8. The molecule has 0 aliphatic carbocycles. The standard InChI is InChI=1S/C26H29Cl2N5O4/c1-6-22(34)31-16-7-8-37-13-18(16)30-21-10-15-14(12-29-21)9-17(32-26(15)33(2)3)23-24(27)19(35-4)11-20(36-5)25(23)28/h6,9-12,16,18H,1,7-8,13H2,2-5H3,(H,29,30)(H,31,34)/t16-,18+/m0/s1. The number of carbonyl (C=O) groups is 1. The van der Waals surface area contributed by atoms with Gasteiger partial charge >= 0.3 is 0 Å². The van der Waals surface area contributed by atoms with Crippen molar-refractivity contribution in [3.05, 3.63) is 47.1 Å². The largest absolute Gasteiger partial charge is 0.495 e. The Morgan fingerprint density at radius 3 is 2.49 bits per heavy atom. The quantitative estimate of drug-likeness (QED) is 0.397. The number of pyridine rings is 2. The minimum Gasteiger partial charge on any atom is -0.495 e. The summed E-state index contributed by atoms with van der Waals surface area (Å²) in [4.78, 5) is 23.3. The molecule has 9 nitrogen and oxygen atoms in total. The van der Waals surface area contributed by atoms with E-state index >= 15 is 0 Å². The lowest BCUT2D eigenvalue weighted by Crippen LogP contribution is -2.52. The molecule has 0 bridgehead atoms. The van der Waals surface area contributed by atoms with Gasteiger partial charge < -0.3 is 29.7 Å². The van der Waals surface area contributed by atoms with Gasteiger partial charge in [0.25, 0.3) is 0 Å². The van der Waals surface area contributed by atoms with E-state index in [-0.39, 0.29) is 18.0 Å². The first kappa shape index (κ1) is 26.8.